The Morgan fingerprint density at radius 1 is 1.00 bits per heavy atom. The molecule has 0 radical (unpaired) electrons. The van der Waals surface area contributed by atoms with Crippen LogP contribution in [-0.2, 0) is 0 Å². The molecule has 126 valence electrons. The van der Waals surface area contributed by atoms with Crippen LogP contribution < -0.4 is 0 Å². The Morgan fingerprint density at radius 2 is 1.70 bits per heavy atom. The summed E-state index contributed by atoms with van der Waals surface area (Å²) in [4.78, 5) is 16.7. The highest BCUT2D eigenvalue weighted by Crippen LogP contribution is 2.26. The van der Waals surface area contributed by atoms with E-state index in [2.05, 4.69) is 4.90 Å². The van der Waals surface area contributed by atoms with Gasteiger partial charge >= 0.3 is 0 Å². The lowest BCUT2D eigenvalue weighted by atomic mass is 9.94. The third kappa shape index (κ3) is 4.03. The minimum absolute atomic E-state index is 0.0181. The van der Waals surface area contributed by atoms with Crippen LogP contribution >= 0.6 is 0 Å². The molecule has 0 aliphatic carbocycles. The van der Waals surface area contributed by atoms with Crippen molar-refractivity contribution in [1.82, 2.24) is 9.80 Å². The molecular formula is C18H26N2O3. The molecule has 0 aromatic heterocycles. The summed E-state index contributed by atoms with van der Waals surface area (Å²) in [6.07, 6.45) is 4.66. The highest BCUT2D eigenvalue weighted by atomic mass is 16.3. The molecule has 3 rings (SSSR count). The van der Waals surface area contributed by atoms with E-state index in [0.717, 1.165) is 32.5 Å². The number of phenols is 1. The molecule has 2 fully saturated rings. The van der Waals surface area contributed by atoms with Crippen molar-refractivity contribution >= 4 is 5.91 Å². The first kappa shape index (κ1) is 16.3. The van der Waals surface area contributed by atoms with Crippen molar-refractivity contribution in [3.63, 3.8) is 0 Å². The van der Waals surface area contributed by atoms with Gasteiger partial charge in [0.25, 0.3) is 5.91 Å². The van der Waals surface area contributed by atoms with Crippen molar-refractivity contribution in [2.45, 2.75) is 37.7 Å². The van der Waals surface area contributed by atoms with Crippen LogP contribution in [-0.4, -0.2) is 64.2 Å². The molecule has 5 heteroatoms. The quantitative estimate of drug-likeness (QED) is 0.893. The van der Waals surface area contributed by atoms with E-state index < -0.39 is 5.60 Å². The average Bonchev–Trinajstić information content (AvgIpc) is 2.95. The van der Waals surface area contributed by atoms with Crippen molar-refractivity contribution in [2.75, 3.05) is 32.7 Å². The second kappa shape index (κ2) is 6.89. The number of carbonyl (C=O) groups excluding carboxylic acids is 1. The first-order chi connectivity index (χ1) is 11.1. The number of likely N-dealkylation sites (tertiary alicyclic amines) is 2. The molecule has 1 aromatic rings. The van der Waals surface area contributed by atoms with Crippen molar-refractivity contribution in [3.05, 3.63) is 29.8 Å². The molecule has 2 aliphatic rings. The Morgan fingerprint density at radius 3 is 2.39 bits per heavy atom. The number of phenolic OH excluding ortho intramolecular Hbond substituents is 1. The summed E-state index contributed by atoms with van der Waals surface area (Å²) in [7, 11) is 0. The lowest BCUT2D eigenvalue weighted by molar-refractivity contribution is -0.00290. The SMILES string of the molecule is O=C(c1ccc(O)cc1)N1CCC[C@](O)(CN2CCCC2)CC1. The van der Waals surface area contributed by atoms with Crippen LogP contribution in [0.1, 0.15) is 42.5 Å². The fourth-order valence-electron chi connectivity index (χ4n) is 3.68. The summed E-state index contributed by atoms with van der Waals surface area (Å²) in [6, 6.07) is 6.38. The third-order valence-electron chi connectivity index (χ3n) is 5.04. The van der Waals surface area contributed by atoms with Crippen LogP contribution in [0.3, 0.4) is 0 Å². The van der Waals surface area contributed by atoms with Gasteiger partial charge in [0, 0.05) is 25.2 Å². The molecule has 1 aromatic carbocycles. The molecule has 2 saturated heterocycles. The molecular weight excluding hydrogens is 292 g/mol. The predicted octanol–water partition coefficient (Wildman–Crippen LogP) is 1.85. The summed E-state index contributed by atoms with van der Waals surface area (Å²) >= 11 is 0. The molecule has 0 bridgehead atoms. The first-order valence-corrected chi connectivity index (χ1v) is 8.59. The number of amides is 1. The van der Waals surface area contributed by atoms with E-state index in [1.54, 1.807) is 12.1 Å². The van der Waals surface area contributed by atoms with Crippen LogP contribution in [0.5, 0.6) is 5.75 Å². The van der Waals surface area contributed by atoms with Crippen LogP contribution in [0.2, 0.25) is 0 Å². The zero-order valence-corrected chi connectivity index (χ0v) is 13.6. The molecule has 0 spiro atoms. The van der Waals surface area contributed by atoms with Crippen molar-refractivity contribution < 1.29 is 15.0 Å². The molecule has 2 N–H and O–H groups in total. The zero-order valence-electron chi connectivity index (χ0n) is 13.6. The topological polar surface area (TPSA) is 64.0 Å². The molecule has 1 amide bonds. The largest absolute Gasteiger partial charge is 0.508 e. The second-order valence-electron chi connectivity index (χ2n) is 6.90. The molecule has 5 nitrogen and oxygen atoms in total. The van der Waals surface area contributed by atoms with Gasteiger partial charge in [0.2, 0.25) is 0 Å². The van der Waals surface area contributed by atoms with Crippen LogP contribution in [0.25, 0.3) is 0 Å². The maximum Gasteiger partial charge on any atom is 0.253 e. The van der Waals surface area contributed by atoms with Crippen LogP contribution in [0.4, 0.5) is 0 Å². The lowest BCUT2D eigenvalue weighted by Gasteiger charge is -2.31. The number of rotatable bonds is 3. The Labute approximate surface area is 137 Å². The second-order valence-corrected chi connectivity index (χ2v) is 6.90. The van der Waals surface area contributed by atoms with Gasteiger partial charge in [0.05, 0.1) is 5.60 Å². The van der Waals surface area contributed by atoms with E-state index in [4.69, 9.17) is 0 Å². The van der Waals surface area contributed by atoms with Crippen molar-refractivity contribution in [1.29, 1.82) is 0 Å². The van der Waals surface area contributed by atoms with Gasteiger partial charge in [-0.05, 0) is 69.5 Å². The Bertz CT molecular complexity index is 540. The zero-order chi connectivity index (χ0) is 16.3. The molecule has 2 aliphatic heterocycles. The standard InChI is InChI=1S/C18H26N2O3/c21-16-6-4-15(5-7-16)17(22)20-12-3-8-18(23,9-13-20)14-19-10-1-2-11-19/h4-7,21,23H,1-3,8-14H2/t18-/m1/s1. The highest BCUT2D eigenvalue weighted by molar-refractivity contribution is 5.94. The molecule has 23 heavy (non-hydrogen) atoms. The van der Waals surface area contributed by atoms with Crippen LogP contribution in [0, 0.1) is 0 Å². The number of aromatic hydroxyl groups is 1. The minimum atomic E-state index is -0.672. The summed E-state index contributed by atoms with van der Waals surface area (Å²) in [5.41, 5.74) is -0.0818. The molecule has 1 atom stereocenters. The number of aliphatic hydroxyl groups is 1. The van der Waals surface area contributed by atoms with Gasteiger partial charge in [-0.25, -0.2) is 0 Å². The summed E-state index contributed by atoms with van der Waals surface area (Å²) in [5, 5.41) is 20.2. The number of hydrogen-bond acceptors (Lipinski definition) is 4. The van der Waals surface area contributed by atoms with Gasteiger partial charge < -0.3 is 20.0 Å². The molecule has 0 saturated carbocycles. The third-order valence-corrected chi connectivity index (χ3v) is 5.04. The monoisotopic (exact) mass is 318 g/mol. The fraction of sp³-hybridized carbons (Fsp3) is 0.611. The van der Waals surface area contributed by atoms with Gasteiger partial charge in [0.15, 0.2) is 0 Å². The highest BCUT2D eigenvalue weighted by Gasteiger charge is 2.34. The molecule has 0 unspecified atom stereocenters. The van der Waals surface area contributed by atoms with E-state index in [9.17, 15) is 15.0 Å². The Balaban J connectivity index is 1.61. The van der Waals surface area contributed by atoms with Gasteiger partial charge in [-0.2, -0.15) is 0 Å². The van der Waals surface area contributed by atoms with E-state index >= 15 is 0 Å². The van der Waals surface area contributed by atoms with Crippen molar-refractivity contribution in [3.8, 4) is 5.75 Å². The normalized spacial score (nSPS) is 26.2. The van der Waals surface area contributed by atoms with E-state index in [1.165, 1.54) is 25.0 Å². The smallest absolute Gasteiger partial charge is 0.253 e. The number of nitrogens with zero attached hydrogens (tertiary/aromatic N) is 2. The number of hydrogen-bond donors (Lipinski definition) is 2. The maximum atomic E-state index is 12.6. The van der Waals surface area contributed by atoms with Gasteiger partial charge in [0.1, 0.15) is 5.75 Å². The van der Waals surface area contributed by atoms with E-state index in [0.29, 0.717) is 25.1 Å². The first-order valence-electron chi connectivity index (χ1n) is 8.59. The fourth-order valence-corrected chi connectivity index (χ4v) is 3.68. The van der Waals surface area contributed by atoms with E-state index in [-0.39, 0.29) is 11.7 Å². The van der Waals surface area contributed by atoms with Gasteiger partial charge in [-0.3, -0.25) is 4.79 Å². The predicted molar refractivity (Wildman–Crippen MR) is 88.5 cm³/mol. The Hall–Kier alpha value is -1.59. The number of carbonyl (C=O) groups is 1. The van der Waals surface area contributed by atoms with Gasteiger partial charge in [-0.1, -0.05) is 0 Å². The van der Waals surface area contributed by atoms with Gasteiger partial charge in [-0.15, -0.1) is 0 Å². The van der Waals surface area contributed by atoms with Crippen LogP contribution in [0.15, 0.2) is 24.3 Å². The number of β-amino-alcohol motifs (C(OH)–C–C–N with tert-alkyl or cyclic N) is 1. The summed E-state index contributed by atoms with van der Waals surface area (Å²) < 4.78 is 0. The van der Waals surface area contributed by atoms with Crippen molar-refractivity contribution in [2.24, 2.45) is 0 Å². The Kier molecular flexibility index (Phi) is 4.87. The summed E-state index contributed by atoms with van der Waals surface area (Å²) in [6.45, 7) is 4.16. The van der Waals surface area contributed by atoms with E-state index in [1.807, 2.05) is 4.90 Å². The minimum Gasteiger partial charge on any atom is -0.508 e. The summed E-state index contributed by atoms with van der Waals surface area (Å²) in [5.74, 6) is 0.146. The maximum absolute atomic E-state index is 12.6. The average molecular weight is 318 g/mol. The molecule has 2 heterocycles. The number of benzene rings is 1. The lowest BCUT2D eigenvalue weighted by Crippen LogP contribution is -2.43.